The first-order valence-electron chi connectivity index (χ1n) is 13.4. The second-order valence-corrected chi connectivity index (χ2v) is 12.8. The van der Waals surface area contributed by atoms with Gasteiger partial charge in [-0.05, 0) is 111 Å². The topological polar surface area (TPSA) is 44.3 Å². The molecule has 5 aliphatic carbocycles. The second-order valence-electron chi connectivity index (χ2n) is 12.8. The molecule has 0 aromatic heterocycles. The van der Waals surface area contributed by atoms with Crippen LogP contribution in [0.15, 0.2) is 0 Å². The van der Waals surface area contributed by atoms with Gasteiger partial charge in [0, 0.05) is 18.0 Å². The van der Waals surface area contributed by atoms with Crippen molar-refractivity contribution in [2.75, 3.05) is 13.1 Å². The predicted octanol–water partition coefficient (Wildman–Crippen LogP) is 4.98. The SMILES string of the molecule is CCN[C@@H](C)[C@H]1[C@H](O)C[C@@]2(C)[C@H]3CC[C@H]4[C@H](C)[C@@H](NCC)CC[C@@]45C[C@@]35CC[C@]12C. The lowest BCUT2D eigenvalue weighted by Crippen LogP contribution is -2.58. The fourth-order valence-corrected chi connectivity index (χ4v) is 11.0. The van der Waals surface area contributed by atoms with Crippen molar-refractivity contribution in [2.24, 2.45) is 45.3 Å². The van der Waals surface area contributed by atoms with Crippen molar-refractivity contribution in [3.63, 3.8) is 0 Å². The van der Waals surface area contributed by atoms with Crippen LogP contribution >= 0.6 is 0 Å². The van der Waals surface area contributed by atoms with Gasteiger partial charge < -0.3 is 15.7 Å². The number of aliphatic hydroxyl groups excluding tert-OH is 1. The van der Waals surface area contributed by atoms with Gasteiger partial charge in [-0.15, -0.1) is 0 Å². The molecule has 5 saturated carbocycles. The lowest BCUT2D eigenvalue weighted by atomic mass is 9.43. The molecule has 0 radical (unpaired) electrons. The van der Waals surface area contributed by atoms with Gasteiger partial charge in [0.25, 0.3) is 0 Å². The largest absolute Gasteiger partial charge is 0.393 e. The molecule has 30 heavy (non-hydrogen) atoms. The van der Waals surface area contributed by atoms with E-state index in [4.69, 9.17) is 0 Å². The molecule has 0 bridgehead atoms. The Hall–Kier alpha value is -0.120. The molecule has 3 N–H and O–H groups in total. The maximum Gasteiger partial charge on any atom is 0.0594 e. The Labute approximate surface area is 185 Å². The minimum absolute atomic E-state index is 0.139. The summed E-state index contributed by atoms with van der Waals surface area (Å²) in [5.74, 6) is 2.99. The summed E-state index contributed by atoms with van der Waals surface area (Å²) in [5, 5.41) is 18.9. The Morgan fingerprint density at radius 2 is 1.73 bits per heavy atom. The Bertz CT molecular complexity index is 682. The molecule has 2 spiro atoms. The van der Waals surface area contributed by atoms with Crippen LogP contribution in [0.5, 0.6) is 0 Å². The van der Waals surface area contributed by atoms with Gasteiger partial charge in [0.2, 0.25) is 0 Å². The van der Waals surface area contributed by atoms with E-state index in [1.165, 1.54) is 44.9 Å². The van der Waals surface area contributed by atoms with Crippen molar-refractivity contribution < 1.29 is 5.11 Å². The number of rotatable bonds is 5. The molecule has 0 aliphatic heterocycles. The zero-order valence-electron chi connectivity index (χ0n) is 20.6. The first-order chi connectivity index (χ1) is 14.2. The average Bonchev–Trinajstić information content (AvgIpc) is 3.30. The van der Waals surface area contributed by atoms with Gasteiger partial charge >= 0.3 is 0 Å². The summed E-state index contributed by atoms with van der Waals surface area (Å²) in [6.07, 6.45) is 10.9. The van der Waals surface area contributed by atoms with Crippen LogP contribution in [-0.2, 0) is 0 Å². The number of hydrogen-bond donors (Lipinski definition) is 3. The Kier molecular flexibility index (Phi) is 5.02. The number of nitrogens with one attached hydrogen (secondary N) is 2. The molecule has 0 aromatic rings. The zero-order valence-corrected chi connectivity index (χ0v) is 20.6. The van der Waals surface area contributed by atoms with Crippen molar-refractivity contribution >= 4 is 0 Å². The smallest absolute Gasteiger partial charge is 0.0594 e. The molecule has 172 valence electrons. The molecule has 5 rings (SSSR count). The van der Waals surface area contributed by atoms with Crippen LogP contribution in [0.1, 0.15) is 92.9 Å². The monoisotopic (exact) mass is 416 g/mol. The van der Waals surface area contributed by atoms with Crippen LogP contribution in [0.3, 0.4) is 0 Å². The molecule has 0 unspecified atom stereocenters. The van der Waals surface area contributed by atoms with Gasteiger partial charge in [-0.3, -0.25) is 0 Å². The summed E-state index contributed by atoms with van der Waals surface area (Å²) in [7, 11) is 0. The Balaban J connectivity index is 1.45. The van der Waals surface area contributed by atoms with E-state index in [9.17, 15) is 5.11 Å². The molecular weight excluding hydrogens is 368 g/mol. The summed E-state index contributed by atoms with van der Waals surface area (Å²) >= 11 is 0. The van der Waals surface area contributed by atoms with Crippen molar-refractivity contribution in [3.05, 3.63) is 0 Å². The van der Waals surface area contributed by atoms with E-state index in [0.717, 1.165) is 43.3 Å². The fraction of sp³-hybridized carbons (Fsp3) is 1.00. The van der Waals surface area contributed by atoms with Crippen LogP contribution < -0.4 is 10.6 Å². The van der Waals surface area contributed by atoms with Gasteiger partial charge in [0.1, 0.15) is 0 Å². The first-order valence-corrected chi connectivity index (χ1v) is 13.4. The summed E-state index contributed by atoms with van der Waals surface area (Å²) < 4.78 is 0. The van der Waals surface area contributed by atoms with E-state index < -0.39 is 0 Å². The van der Waals surface area contributed by atoms with Gasteiger partial charge in [0.15, 0.2) is 0 Å². The zero-order chi connectivity index (χ0) is 21.5. The quantitative estimate of drug-likeness (QED) is 0.592. The summed E-state index contributed by atoms with van der Waals surface area (Å²) in [6.45, 7) is 16.7. The lowest BCUT2D eigenvalue weighted by Gasteiger charge is -2.62. The lowest BCUT2D eigenvalue weighted by molar-refractivity contribution is -0.132. The van der Waals surface area contributed by atoms with Crippen LogP contribution in [0, 0.1) is 45.3 Å². The average molecular weight is 417 g/mol. The van der Waals surface area contributed by atoms with Gasteiger partial charge in [-0.2, -0.15) is 0 Å². The number of hydrogen-bond acceptors (Lipinski definition) is 3. The van der Waals surface area contributed by atoms with E-state index >= 15 is 0 Å². The van der Waals surface area contributed by atoms with Gasteiger partial charge in [0.05, 0.1) is 6.10 Å². The van der Waals surface area contributed by atoms with Crippen molar-refractivity contribution in [1.82, 2.24) is 10.6 Å². The maximum atomic E-state index is 11.4. The molecule has 3 nitrogen and oxygen atoms in total. The number of aliphatic hydroxyl groups is 1. The minimum atomic E-state index is -0.139. The standard InChI is InChI=1S/C27H48N2O/c1-7-28-18(4)23-21(30)15-25(6)22-10-9-19-17(3)20(29-8-2)11-12-26(19)16-27(22,26)14-13-24(23,25)5/h17-23,28-30H,7-16H2,1-6H3/t17-,18-,19-,20-,21+,22+,23-,24+,25-,26+,27-/m0/s1. The third-order valence-corrected chi connectivity index (χ3v) is 12.3. The van der Waals surface area contributed by atoms with Crippen LogP contribution in [0.2, 0.25) is 0 Å². The normalized spacial score (nSPS) is 57.7. The highest BCUT2D eigenvalue weighted by Gasteiger charge is 2.81. The van der Waals surface area contributed by atoms with Crippen molar-refractivity contribution in [3.8, 4) is 0 Å². The summed E-state index contributed by atoms with van der Waals surface area (Å²) in [4.78, 5) is 0. The third-order valence-electron chi connectivity index (χ3n) is 12.3. The van der Waals surface area contributed by atoms with E-state index in [2.05, 4.69) is 52.2 Å². The van der Waals surface area contributed by atoms with Gasteiger partial charge in [-0.1, -0.05) is 34.6 Å². The second kappa shape index (κ2) is 6.94. The van der Waals surface area contributed by atoms with E-state index in [1.807, 2.05) is 0 Å². The highest BCUT2D eigenvalue weighted by molar-refractivity contribution is 5.30. The first kappa shape index (κ1) is 21.7. The van der Waals surface area contributed by atoms with Crippen molar-refractivity contribution in [1.29, 1.82) is 0 Å². The molecule has 5 aliphatic rings. The highest BCUT2D eigenvalue weighted by Crippen LogP contribution is 2.88. The summed E-state index contributed by atoms with van der Waals surface area (Å²) in [5.41, 5.74) is 1.82. The van der Waals surface area contributed by atoms with Crippen LogP contribution in [0.25, 0.3) is 0 Å². The molecule has 0 aromatic carbocycles. The molecule has 3 heteroatoms. The van der Waals surface area contributed by atoms with Crippen LogP contribution in [0.4, 0.5) is 0 Å². The molecule has 0 heterocycles. The fourth-order valence-electron chi connectivity index (χ4n) is 11.0. The van der Waals surface area contributed by atoms with Crippen molar-refractivity contribution in [2.45, 2.75) is 111 Å². The van der Waals surface area contributed by atoms with E-state index in [-0.39, 0.29) is 11.5 Å². The number of fused-ring (bicyclic) bond motifs is 2. The molecule has 0 saturated heterocycles. The van der Waals surface area contributed by atoms with E-state index in [0.29, 0.717) is 28.2 Å². The molecule has 5 fully saturated rings. The Morgan fingerprint density at radius 3 is 2.43 bits per heavy atom. The highest BCUT2D eigenvalue weighted by atomic mass is 16.3. The maximum absolute atomic E-state index is 11.4. The van der Waals surface area contributed by atoms with Crippen LogP contribution in [-0.4, -0.2) is 36.4 Å². The molecular formula is C27H48N2O. The third kappa shape index (κ3) is 2.44. The predicted molar refractivity (Wildman–Crippen MR) is 124 cm³/mol. The Morgan fingerprint density at radius 1 is 0.967 bits per heavy atom. The van der Waals surface area contributed by atoms with Gasteiger partial charge in [-0.25, -0.2) is 0 Å². The molecule has 11 atom stereocenters. The minimum Gasteiger partial charge on any atom is -0.393 e. The summed E-state index contributed by atoms with van der Waals surface area (Å²) in [6, 6.07) is 1.15. The van der Waals surface area contributed by atoms with E-state index in [1.54, 1.807) is 0 Å². The molecule has 0 amide bonds.